The van der Waals surface area contributed by atoms with E-state index in [-0.39, 0.29) is 233 Å². The third kappa shape index (κ3) is 38.2. The van der Waals surface area contributed by atoms with Crippen molar-refractivity contribution < 1.29 is 165 Å². The number of nitrogens with zero attached hydrogens (tertiary/aromatic N) is 1. The summed E-state index contributed by atoms with van der Waals surface area (Å²) in [5.41, 5.74) is -1.13. The molecule has 15 N–H and O–H groups in total. The van der Waals surface area contributed by atoms with E-state index in [2.05, 4.69) is 31.9 Å². The van der Waals surface area contributed by atoms with E-state index in [1.165, 1.54) is 20.8 Å². The zero-order valence-electron chi connectivity index (χ0n) is 62.7. The number of aliphatic hydroxyl groups excluding tert-OH is 9. The number of morpholine rings is 1. The Kier molecular flexibility index (Phi) is 49.2. The first-order valence-electron chi connectivity index (χ1n) is 36.5. The zero-order chi connectivity index (χ0) is 79.1. The minimum Gasteiger partial charge on any atom is -0.394 e. The molecule has 0 saturated carbocycles. The van der Waals surface area contributed by atoms with Gasteiger partial charge in [-0.2, -0.15) is 0 Å². The highest BCUT2D eigenvalue weighted by Gasteiger charge is 2.48. The third-order valence-corrected chi connectivity index (χ3v) is 16.7. The number of rotatable bonds is 59. The van der Waals surface area contributed by atoms with Crippen molar-refractivity contribution in [2.24, 2.45) is 5.41 Å². The molecule has 16 unspecified atom stereocenters. The molecule has 4 saturated heterocycles. The van der Waals surface area contributed by atoms with E-state index in [4.69, 9.17) is 85.3 Å². The number of hydrogen-bond acceptors (Lipinski definition) is 34. The molecule has 4 aliphatic rings. The van der Waals surface area contributed by atoms with E-state index >= 15 is 0 Å². The van der Waals surface area contributed by atoms with Crippen LogP contribution in [0.15, 0.2) is 0 Å². The van der Waals surface area contributed by atoms with E-state index in [9.17, 15) is 79.5 Å². The van der Waals surface area contributed by atoms with Crippen LogP contribution in [0.5, 0.6) is 0 Å². The molecule has 41 heteroatoms. The molecule has 0 bridgehead atoms. The van der Waals surface area contributed by atoms with Crippen LogP contribution in [-0.4, -0.2) is 414 Å². The van der Waals surface area contributed by atoms with Gasteiger partial charge in [0.05, 0.1) is 209 Å². The fourth-order valence-corrected chi connectivity index (χ4v) is 11.1. The van der Waals surface area contributed by atoms with E-state index in [0.717, 1.165) is 0 Å². The third-order valence-electron chi connectivity index (χ3n) is 16.7. The lowest BCUT2D eigenvalue weighted by atomic mass is 9.92. The van der Waals surface area contributed by atoms with Crippen molar-refractivity contribution in [1.82, 2.24) is 36.8 Å². The van der Waals surface area contributed by atoms with Gasteiger partial charge in [-0.1, -0.05) is 0 Å². The van der Waals surface area contributed by atoms with Gasteiger partial charge < -0.3 is 168 Å². The van der Waals surface area contributed by atoms with Crippen LogP contribution in [0.3, 0.4) is 0 Å². The molecule has 0 spiro atoms. The smallest absolute Gasteiger partial charge is 0.225 e. The van der Waals surface area contributed by atoms with E-state index in [0.29, 0.717) is 26.3 Å². The largest absolute Gasteiger partial charge is 0.394 e. The highest BCUT2D eigenvalue weighted by atomic mass is 16.7. The Morgan fingerprint density at radius 1 is 0.417 bits per heavy atom. The molecular formula is C67H121N7O34. The maximum absolute atomic E-state index is 13.5. The molecule has 4 rings (SSSR count). The van der Waals surface area contributed by atoms with Gasteiger partial charge in [-0.05, 0) is 13.8 Å². The highest BCUT2D eigenvalue weighted by molar-refractivity contribution is 5.77. The van der Waals surface area contributed by atoms with Crippen LogP contribution in [0, 0.1) is 5.41 Å². The van der Waals surface area contributed by atoms with Gasteiger partial charge in [-0.15, -0.1) is 0 Å². The second-order valence-corrected chi connectivity index (χ2v) is 26.1. The van der Waals surface area contributed by atoms with Crippen molar-refractivity contribution in [3.63, 3.8) is 0 Å². The molecule has 0 aliphatic carbocycles. The molecule has 0 radical (unpaired) electrons. The quantitative estimate of drug-likeness (QED) is 0.0252. The summed E-state index contributed by atoms with van der Waals surface area (Å²) in [7, 11) is 0. The SMILES string of the molecule is CC(=O)NC1C(OCCOCCOCCNC(=O)CCOCC(COCCC(=O)NCCOCCOCCOC2OC(CO)C(O)C(O)C2NC(C)=O)(COCCC(=O)NCCOCCOCCOC2OC(CO)C(O)C(O)C2NC(C)=O)COCCC(=O)N2CCOC(COC(C)C)C2)OC(CO)C(O)C1O. The predicted molar refractivity (Wildman–Crippen MR) is 369 cm³/mol. The Morgan fingerprint density at radius 2 is 0.722 bits per heavy atom. The van der Waals surface area contributed by atoms with Crippen LogP contribution in [0.2, 0.25) is 0 Å². The Bertz CT molecular complexity index is 2280. The first-order chi connectivity index (χ1) is 51.9. The van der Waals surface area contributed by atoms with Gasteiger partial charge in [0.15, 0.2) is 18.9 Å². The van der Waals surface area contributed by atoms with Crippen LogP contribution >= 0.6 is 0 Å². The van der Waals surface area contributed by atoms with Crippen molar-refractivity contribution in [1.29, 1.82) is 0 Å². The van der Waals surface area contributed by atoms with Crippen molar-refractivity contribution >= 4 is 41.4 Å². The van der Waals surface area contributed by atoms with Crippen molar-refractivity contribution in [2.75, 3.05) is 218 Å². The summed E-state index contributed by atoms with van der Waals surface area (Å²) in [5, 5.41) is 107. The van der Waals surface area contributed by atoms with Gasteiger partial charge in [0.1, 0.15) is 73.1 Å². The standard InChI is InChI=1S/C67H121N7O34/c1-43(2)105-38-47-34-74(13-21-101-47)54(84)9-17-100-42-67(39-97-14-6-51(81)68-10-18-91-22-25-94-28-31-102-64-55(71-44(3)78)61(88)58(85)48(35-75)106-64,40-98-15-7-52(82)69-11-19-92-23-26-95-29-32-103-65-56(72-45(4)79)62(89)59(86)49(36-76)107-65)41-99-16-8-53(83)70-12-20-93-24-27-96-30-33-104-66-57(73-46(5)80)63(90)60(87)50(37-77)108-66/h43,47-50,55-66,75-77,85-90H,6-42H2,1-5H3,(H,68,81)(H,69,82)(H,70,83)(H,71,78)(H,72,79)(H,73,80). The fraction of sp³-hybridized carbons (Fsp3) is 0.896. The predicted octanol–water partition coefficient (Wildman–Crippen LogP) is -8.42. The lowest BCUT2D eigenvalue weighted by molar-refractivity contribution is -0.272. The Labute approximate surface area is 628 Å². The fourth-order valence-electron chi connectivity index (χ4n) is 11.1. The second-order valence-electron chi connectivity index (χ2n) is 26.1. The number of carbonyl (C=O) groups is 7. The first kappa shape index (κ1) is 95.6. The van der Waals surface area contributed by atoms with Crippen LogP contribution in [0.1, 0.15) is 60.3 Å². The summed E-state index contributed by atoms with van der Waals surface area (Å²) >= 11 is 0. The summed E-state index contributed by atoms with van der Waals surface area (Å²) < 4.78 is 103. The van der Waals surface area contributed by atoms with Crippen molar-refractivity contribution in [3.05, 3.63) is 0 Å². The van der Waals surface area contributed by atoms with Gasteiger partial charge in [-0.25, -0.2) is 0 Å². The Morgan fingerprint density at radius 3 is 1.03 bits per heavy atom. The molecule has 0 aromatic carbocycles. The molecule has 4 aliphatic heterocycles. The van der Waals surface area contributed by atoms with Gasteiger partial charge in [0.25, 0.3) is 0 Å². The Balaban J connectivity index is 1.27. The van der Waals surface area contributed by atoms with Crippen molar-refractivity contribution in [2.45, 2.75) is 164 Å². The zero-order valence-corrected chi connectivity index (χ0v) is 62.7. The summed E-state index contributed by atoms with van der Waals surface area (Å²) in [6.07, 6.45) is -16.2. The minimum absolute atomic E-state index is 0.0156. The molecule has 628 valence electrons. The topological polar surface area (TPSA) is 543 Å². The summed E-state index contributed by atoms with van der Waals surface area (Å²) in [5.74, 6) is -2.71. The van der Waals surface area contributed by atoms with E-state index in [1.807, 2.05) is 13.8 Å². The number of carbonyl (C=O) groups excluding carboxylic acids is 7. The maximum atomic E-state index is 13.5. The van der Waals surface area contributed by atoms with Gasteiger partial charge in [-0.3, -0.25) is 33.6 Å². The normalized spacial score (nSPS) is 26.5. The monoisotopic (exact) mass is 1570 g/mol. The summed E-state index contributed by atoms with van der Waals surface area (Å²) in [6, 6.07) is -3.29. The molecule has 7 amide bonds. The molecule has 0 aromatic heterocycles. The van der Waals surface area contributed by atoms with Gasteiger partial charge >= 0.3 is 0 Å². The van der Waals surface area contributed by atoms with Gasteiger partial charge in [0.2, 0.25) is 41.4 Å². The Hall–Kier alpha value is -4.79. The average molecular weight is 1570 g/mol. The molecule has 108 heavy (non-hydrogen) atoms. The molecule has 4 fully saturated rings. The maximum Gasteiger partial charge on any atom is 0.225 e. The van der Waals surface area contributed by atoms with Crippen molar-refractivity contribution in [3.8, 4) is 0 Å². The highest BCUT2D eigenvalue weighted by Crippen LogP contribution is 2.26. The minimum atomic E-state index is -1.46. The van der Waals surface area contributed by atoms with Gasteiger partial charge in [0, 0.05) is 72.8 Å². The summed E-state index contributed by atoms with van der Waals surface area (Å²) in [6.45, 7) is 8.35. The molecule has 0 aromatic rings. The molecular weight excluding hydrogens is 1450 g/mol. The number of nitrogens with one attached hydrogen (secondary N) is 6. The number of aliphatic hydroxyl groups is 9. The lowest BCUT2D eigenvalue weighted by Gasteiger charge is -2.42. The molecule has 16 atom stereocenters. The van der Waals surface area contributed by atoms with Crippen LogP contribution in [0.25, 0.3) is 0 Å². The number of ether oxygens (including phenoxy) is 18. The molecule has 4 heterocycles. The lowest BCUT2D eigenvalue weighted by Crippen LogP contribution is -2.64. The summed E-state index contributed by atoms with van der Waals surface area (Å²) in [4.78, 5) is 89.4. The average Bonchev–Trinajstić information content (AvgIpc) is 0.819. The second kappa shape index (κ2) is 55.6. The van der Waals surface area contributed by atoms with Crippen LogP contribution < -0.4 is 31.9 Å². The number of hydrogen-bond donors (Lipinski definition) is 15. The van der Waals surface area contributed by atoms with E-state index < -0.39 is 135 Å². The van der Waals surface area contributed by atoms with Crippen LogP contribution in [-0.2, 0) is 119 Å². The van der Waals surface area contributed by atoms with E-state index in [1.54, 1.807) is 4.90 Å². The number of amides is 7. The first-order valence-corrected chi connectivity index (χ1v) is 36.5. The molecule has 41 nitrogen and oxygen atoms in total. The van der Waals surface area contributed by atoms with Crippen LogP contribution in [0.4, 0.5) is 0 Å².